The van der Waals surface area contributed by atoms with Gasteiger partial charge in [0.15, 0.2) is 0 Å². The van der Waals surface area contributed by atoms with Gasteiger partial charge in [-0.05, 0) is 25.0 Å². The molecule has 0 bridgehead atoms. The molecule has 0 unspecified atom stereocenters. The van der Waals surface area contributed by atoms with Crippen LogP contribution in [0.4, 0.5) is 5.82 Å². The number of hydrogen-bond donors (Lipinski definition) is 2. The van der Waals surface area contributed by atoms with Crippen molar-refractivity contribution in [2.75, 3.05) is 5.73 Å². The summed E-state index contributed by atoms with van der Waals surface area (Å²) >= 11 is 0. The molecule has 0 radical (unpaired) electrons. The van der Waals surface area contributed by atoms with Crippen molar-refractivity contribution in [1.82, 2.24) is 4.98 Å². The first-order valence-corrected chi connectivity index (χ1v) is 4.63. The molecule has 0 amide bonds. The summed E-state index contributed by atoms with van der Waals surface area (Å²) in [5.41, 5.74) is 13.6. The SMILES string of the molecule is CCC[C@H](N)c1ccc(N)nc1C. The van der Waals surface area contributed by atoms with Crippen molar-refractivity contribution >= 4 is 5.82 Å². The van der Waals surface area contributed by atoms with Crippen LogP contribution in [-0.2, 0) is 0 Å². The summed E-state index contributed by atoms with van der Waals surface area (Å²) in [6.07, 6.45) is 2.08. The second-order valence-corrected chi connectivity index (χ2v) is 3.31. The summed E-state index contributed by atoms with van der Waals surface area (Å²) in [6.45, 7) is 4.07. The fraction of sp³-hybridized carbons (Fsp3) is 0.500. The van der Waals surface area contributed by atoms with Gasteiger partial charge < -0.3 is 11.5 Å². The second-order valence-electron chi connectivity index (χ2n) is 3.31. The zero-order valence-corrected chi connectivity index (χ0v) is 8.25. The Kier molecular flexibility index (Phi) is 3.25. The van der Waals surface area contributed by atoms with Crippen LogP contribution < -0.4 is 11.5 Å². The topological polar surface area (TPSA) is 64.9 Å². The zero-order valence-electron chi connectivity index (χ0n) is 8.25. The zero-order chi connectivity index (χ0) is 9.84. The average molecular weight is 179 g/mol. The number of pyridine rings is 1. The first-order valence-electron chi connectivity index (χ1n) is 4.63. The Morgan fingerprint density at radius 3 is 2.69 bits per heavy atom. The number of nitrogens with zero attached hydrogens (tertiary/aromatic N) is 1. The van der Waals surface area contributed by atoms with Crippen LogP contribution in [0.2, 0.25) is 0 Å². The van der Waals surface area contributed by atoms with Gasteiger partial charge in [0.25, 0.3) is 0 Å². The lowest BCUT2D eigenvalue weighted by atomic mass is 10.0. The lowest BCUT2D eigenvalue weighted by Gasteiger charge is -2.12. The number of rotatable bonds is 3. The highest BCUT2D eigenvalue weighted by Crippen LogP contribution is 2.18. The van der Waals surface area contributed by atoms with Crippen LogP contribution in [-0.4, -0.2) is 4.98 Å². The van der Waals surface area contributed by atoms with Gasteiger partial charge in [0.2, 0.25) is 0 Å². The fourth-order valence-electron chi connectivity index (χ4n) is 1.45. The number of aromatic nitrogens is 1. The summed E-state index contributed by atoms with van der Waals surface area (Å²) < 4.78 is 0. The van der Waals surface area contributed by atoms with Crippen LogP contribution in [0.3, 0.4) is 0 Å². The van der Waals surface area contributed by atoms with E-state index in [0.29, 0.717) is 5.82 Å². The number of anilines is 1. The maximum Gasteiger partial charge on any atom is 0.123 e. The van der Waals surface area contributed by atoms with Gasteiger partial charge in [-0.2, -0.15) is 0 Å². The fourth-order valence-corrected chi connectivity index (χ4v) is 1.45. The standard InChI is InChI=1S/C10H17N3/c1-3-4-9(11)8-5-6-10(12)13-7(8)2/h5-6,9H,3-4,11H2,1-2H3,(H2,12,13)/t9-/m0/s1. The Morgan fingerprint density at radius 2 is 2.15 bits per heavy atom. The van der Waals surface area contributed by atoms with Gasteiger partial charge in [-0.25, -0.2) is 4.98 Å². The van der Waals surface area contributed by atoms with Crippen molar-refractivity contribution in [2.45, 2.75) is 32.7 Å². The highest BCUT2D eigenvalue weighted by molar-refractivity contribution is 5.35. The Bertz CT molecular complexity index is 283. The lowest BCUT2D eigenvalue weighted by molar-refractivity contribution is 0.632. The van der Waals surface area contributed by atoms with Crippen LogP contribution in [0.15, 0.2) is 12.1 Å². The first-order chi connectivity index (χ1) is 6.15. The van der Waals surface area contributed by atoms with Crippen LogP contribution in [0.5, 0.6) is 0 Å². The smallest absolute Gasteiger partial charge is 0.123 e. The van der Waals surface area contributed by atoms with Gasteiger partial charge in [-0.15, -0.1) is 0 Å². The van der Waals surface area contributed by atoms with E-state index < -0.39 is 0 Å². The van der Waals surface area contributed by atoms with E-state index in [1.807, 2.05) is 13.0 Å². The molecule has 0 aromatic carbocycles. The summed E-state index contributed by atoms with van der Waals surface area (Å²) in [5.74, 6) is 0.560. The summed E-state index contributed by atoms with van der Waals surface area (Å²) in [4.78, 5) is 4.17. The average Bonchev–Trinajstić information content (AvgIpc) is 2.04. The molecule has 3 nitrogen and oxygen atoms in total. The van der Waals surface area contributed by atoms with E-state index in [0.717, 1.165) is 24.1 Å². The summed E-state index contributed by atoms with van der Waals surface area (Å²) in [7, 11) is 0. The van der Waals surface area contributed by atoms with Gasteiger partial charge in [-0.3, -0.25) is 0 Å². The lowest BCUT2D eigenvalue weighted by Crippen LogP contribution is -2.12. The Balaban J connectivity index is 2.88. The van der Waals surface area contributed by atoms with Crippen molar-refractivity contribution in [3.05, 3.63) is 23.4 Å². The molecule has 4 N–H and O–H groups in total. The molecule has 1 aromatic rings. The second kappa shape index (κ2) is 4.23. The number of nitrogen functional groups attached to an aromatic ring is 1. The molecular weight excluding hydrogens is 162 g/mol. The highest BCUT2D eigenvalue weighted by atomic mass is 14.8. The third-order valence-electron chi connectivity index (χ3n) is 2.15. The third-order valence-corrected chi connectivity index (χ3v) is 2.15. The molecular formula is C10H17N3. The molecule has 1 aromatic heterocycles. The molecule has 0 aliphatic rings. The van der Waals surface area contributed by atoms with Gasteiger partial charge in [0.05, 0.1) is 0 Å². The molecule has 0 saturated heterocycles. The van der Waals surface area contributed by atoms with Gasteiger partial charge in [0, 0.05) is 11.7 Å². The third kappa shape index (κ3) is 2.42. The van der Waals surface area contributed by atoms with Crippen molar-refractivity contribution in [3.8, 4) is 0 Å². The minimum absolute atomic E-state index is 0.0955. The highest BCUT2D eigenvalue weighted by Gasteiger charge is 2.08. The van der Waals surface area contributed by atoms with E-state index in [9.17, 15) is 0 Å². The summed E-state index contributed by atoms with van der Waals surface area (Å²) in [5, 5.41) is 0. The maximum absolute atomic E-state index is 5.98. The minimum atomic E-state index is 0.0955. The van der Waals surface area contributed by atoms with Crippen molar-refractivity contribution < 1.29 is 0 Å². The van der Waals surface area contributed by atoms with Crippen LogP contribution in [0, 0.1) is 6.92 Å². The van der Waals surface area contributed by atoms with Crippen molar-refractivity contribution in [1.29, 1.82) is 0 Å². The summed E-state index contributed by atoms with van der Waals surface area (Å²) in [6, 6.07) is 3.87. The van der Waals surface area contributed by atoms with E-state index in [1.54, 1.807) is 6.07 Å². The monoisotopic (exact) mass is 179 g/mol. The van der Waals surface area contributed by atoms with Gasteiger partial charge in [0.1, 0.15) is 5.82 Å². The Labute approximate surface area is 79.2 Å². The maximum atomic E-state index is 5.98. The quantitative estimate of drug-likeness (QED) is 0.743. The van der Waals surface area contributed by atoms with Crippen LogP contribution >= 0.6 is 0 Å². The molecule has 0 saturated carbocycles. The van der Waals surface area contributed by atoms with Crippen LogP contribution in [0.1, 0.15) is 37.1 Å². The number of nitrogens with two attached hydrogens (primary N) is 2. The predicted molar refractivity (Wildman–Crippen MR) is 55.2 cm³/mol. The van der Waals surface area contributed by atoms with Crippen molar-refractivity contribution in [2.24, 2.45) is 5.73 Å². The van der Waals surface area contributed by atoms with Crippen molar-refractivity contribution in [3.63, 3.8) is 0 Å². The molecule has 72 valence electrons. The van der Waals surface area contributed by atoms with Gasteiger partial charge >= 0.3 is 0 Å². The molecule has 0 aliphatic carbocycles. The molecule has 3 heteroatoms. The molecule has 1 atom stereocenters. The largest absolute Gasteiger partial charge is 0.384 e. The van der Waals surface area contributed by atoms with Crippen LogP contribution in [0.25, 0.3) is 0 Å². The molecule has 0 spiro atoms. The Morgan fingerprint density at radius 1 is 1.46 bits per heavy atom. The molecule has 1 heterocycles. The van der Waals surface area contributed by atoms with E-state index in [4.69, 9.17) is 11.5 Å². The van der Waals surface area contributed by atoms with E-state index in [1.165, 1.54) is 0 Å². The molecule has 0 aliphatic heterocycles. The normalized spacial score (nSPS) is 12.8. The van der Waals surface area contributed by atoms with Gasteiger partial charge in [-0.1, -0.05) is 19.4 Å². The van der Waals surface area contributed by atoms with E-state index in [-0.39, 0.29) is 6.04 Å². The van der Waals surface area contributed by atoms with E-state index in [2.05, 4.69) is 11.9 Å². The van der Waals surface area contributed by atoms with E-state index >= 15 is 0 Å². The number of aryl methyl sites for hydroxylation is 1. The number of hydrogen-bond acceptors (Lipinski definition) is 3. The first kappa shape index (κ1) is 9.99. The Hall–Kier alpha value is -1.09. The molecule has 1 rings (SSSR count). The molecule has 13 heavy (non-hydrogen) atoms. The molecule has 0 fully saturated rings. The minimum Gasteiger partial charge on any atom is -0.384 e. The predicted octanol–water partition coefficient (Wildman–Crippen LogP) is 1.77.